The van der Waals surface area contributed by atoms with Crippen LogP contribution in [0.15, 0.2) is 34.9 Å². The van der Waals surface area contributed by atoms with Crippen molar-refractivity contribution in [1.82, 2.24) is 5.32 Å². The van der Waals surface area contributed by atoms with Crippen LogP contribution in [0.2, 0.25) is 0 Å². The summed E-state index contributed by atoms with van der Waals surface area (Å²) < 4.78 is 11.4. The van der Waals surface area contributed by atoms with Gasteiger partial charge < -0.3 is 9.47 Å². The molecular weight excluding hydrogens is 342 g/mol. The van der Waals surface area contributed by atoms with E-state index in [1.54, 1.807) is 0 Å². The van der Waals surface area contributed by atoms with Crippen LogP contribution in [-0.4, -0.2) is 30.8 Å². The Kier molecular flexibility index (Phi) is 5.35. The lowest BCUT2D eigenvalue weighted by molar-refractivity contribution is -0.152. The maximum absolute atomic E-state index is 12.6. The van der Waals surface area contributed by atoms with Gasteiger partial charge in [-0.2, -0.15) is 0 Å². The summed E-state index contributed by atoms with van der Waals surface area (Å²) in [6.07, 6.45) is 9.83. The van der Waals surface area contributed by atoms with Crippen molar-refractivity contribution in [3.63, 3.8) is 0 Å². The molecule has 5 heteroatoms. The minimum atomic E-state index is -0.829. The summed E-state index contributed by atoms with van der Waals surface area (Å²) in [6, 6.07) is 0. The molecule has 1 fully saturated rings. The van der Waals surface area contributed by atoms with Crippen molar-refractivity contribution >= 4 is 11.9 Å². The molecule has 0 aromatic carbocycles. The normalized spacial score (nSPS) is 33.9. The van der Waals surface area contributed by atoms with Gasteiger partial charge in [0, 0.05) is 17.9 Å². The van der Waals surface area contributed by atoms with Gasteiger partial charge in [0.15, 0.2) is 5.72 Å². The lowest BCUT2D eigenvalue weighted by Crippen LogP contribution is -2.48. The van der Waals surface area contributed by atoms with Crippen LogP contribution in [0.1, 0.15) is 59.8 Å². The summed E-state index contributed by atoms with van der Waals surface area (Å²) in [4.78, 5) is 24.7. The van der Waals surface area contributed by atoms with Gasteiger partial charge in [-0.1, -0.05) is 17.2 Å². The average Bonchev–Trinajstić information content (AvgIpc) is 3.00. The minimum Gasteiger partial charge on any atom is -0.454 e. The summed E-state index contributed by atoms with van der Waals surface area (Å²) >= 11 is 0. The number of likely N-dealkylation sites (N-methyl/N-ethyl adjacent to an activating group) is 1. The third-order valence-corrected chi connectivity index (χ3v) is 6.19. The molecular formula is C22H31NO4. The second-order valence-corrected chi connectivity index (χ2v) is 8.67. The molecule has 3 atom stereocenters. The number of ether oxygens (including phenoxy) is 2. The van der Waals surface area contributed by atoms with Crippen molar-refractivity contribution < 1.29 is 19.1 Å². The molecule has 3 unspecified atom stereocenters. The molecule has 0 amide bonds. The second kappa shape index (κ2) is 7.27. The monoisotopic (exact) mass is 373 g/mol. The topological polar surface area (TPSA) is 64.6 Å². The molecule has 0 aromatic rings. The molecule has 3 aliphatic rings. The third kappa shape index (κ3) is 3.75. The van der Waals surface area contributed by atoms with E-state index in [4.69, 9.17) is 9.47 Å². The highest BCUT2D eigenvalue weighted by Crippen LogP contribution is 2.48. The molecule has 2 aliphatic heterocycles. The number of carbonyl (C=O) groups excluding carboxylic acids is 2. The molecule has 27 heavy (non-hydrogen) atoms. The fourth-order valence-corrected chi connectivity index (χ4v) is 4.55. The van der Waals surface area contributed by atoms with Crippen molar-refractivity contribution in [3.8, 4) is 0 Å². The standard InChI is InChI=1S/C22H31NO4/c1-14-7-6-8-16-12-17(26-19(16)24)11-15(2)13-22(23-5)18(10-9-14)21(3,4)20(25)27-22/h7,12-13,17-18,23H,6,8-11H2,1-5H3. The number of nitrogens with one attached hydrogen (secondary N) is 1. The molecule has 3 rings (SSSR count). The van der Waals surface area contributed by atoms with Crippen LogP contribution in [0.5, 0.6) is 0 Å². The second-order valence-electron chi connectivity index (χ2n) is 8.67. The van der Waals surface area contributed by atoms with Crippen molar-refractivity contribution in [2.75, 3.05) is 7.05 Å². The molecule has 0 spiro atoms. The first-order valence-electron chi connectivity index (χ1n) is 9.86. The van der Waals surface area contributed by atoms with Crippen LogP contribution >= 0.6 is 0 Å². The van der Waals surface area contributed by atoms with Crippen LogP contribution in [0.4, 0.5) is 0 Å². The quantitative estimate of drug-likeness (QED) is 0.559. The van der Waals surface area contributed by atoms with E-state index in [9.17, 15) is 9.59 Å². The zero-order valence-electron chi connectivity index (χ0n) is 17.1. The molecule has 2 bridgehead atoms. The zero-order chi connectivity index (χ0) is 19.8. The predicted molar refractivity (Wildman–Crippen MR) is 104 cm³/mol. The Morgan fingerprint density at radius 3 is 2.59 bits per heavy atom. The van der Waals surface area contributed by atoms with Gasteiger partial charge >= 0.3 is 11.9 Å². The number of hydrogen-bond donors (Lipinski definition) is 1. The van der Waals surface area contributed by atoms with Crippen molar-refractivity contribution in [3.05, 3.63) is 34.9 Å². The smallest absolute Gasteiger partial charge is 0.334 e. The highest BCUT2D eigenvalue weighted by atomic mass is 16.6. The van der Waals surface area contributed by atoms with Crippen molar-refractivity contribution in [2.45, 2.75) is 71.6 Å². The van der Waals surface area contributed by atoms with E-state index in [0.29, 0.717) is 12.8 Å². The maximum atomic E-state index is 12.6. The number of fused-ring (bicyclic) bond motifs is 2. The van der Waals surface area contributed by atoms with Crippen molar-refractivity contribution in [1.29, 1.82) is 0 Å². The molecule has 2 heterocycles. The fourth-order valence-electron chi connectivity index (χ4n) is 4.55. The van der Waals surface area contributed by atoms with Gasteiger partial charge in [-0.3, -0.25) is 10.1 Å². The maximum Gasteiger partial charge on any atom is 0.334 e. The van der Waals surface area contributed by atoms with E-state index in [1.165, 1.54) is 5.57 Å². The SMILES string of the molecule is CNC12C=C(C)CC3C=C(CCC=C(C)CCC1C(C)(C)C(=O)O2)C(=O)O3. The molecule has 0 saturated carbocycles. The predicted octanol–water partition coefficient (Wildman–Crippen LogP) is 3.81. The Morgan fingerprint density at radius 2 is 1.89 bits per heavy atom. The number of carbonyl (C=O) groups is 2. The summed E-state index contributed by atoms with van der Waals surface area (Å²) in [5.74, 6) is -0.365. The highest BCUT2D eigenvalue weighted by molar-refractivity contribution is 5.90. The Labute approximate surface area is 161 Å². The molecule has 0 radical (unpaired) electrons. The Morgan fingerprint density at radius 1 is 1.15 bits per heavy atom. The molecule has 1 aliphatic carbocycles. The Bertz CT molecular complexity index is 731. The Hall–Kier alpha value is -1.88. The van der Waals surface area contributed by atoms with Gasteiger partial charge in [-0.15, -0.1) is 0 Å². The fraction of sp³-hybridized carbons (Fsp3) is 0.636. The van der Waals surface area contributed by atoms with E-state index in [1.807, 2.05) is 40.0 Å². The summed E-state index contributed by atoms with van der Waals surface area (Å²) in [6.45, 7) is 8.06. The first kappa shape index (κ1) is 19.9. The van der Waals surface area contributed by atoms with Gasteiger partial charge in [-0.25, -0.2) is 4.79 Å². The first-order chi connectivity index (χ1) is 12.7. The minimum absolute atomic E-state index is 0.0148. The molecule has 1 saturated heterocycles. The number of rotatable bonds is 1. The number of esters is 2. The summed E-state index contributed by atoms with van der Waals surface area (Å²) in [7, 11) is 1.84. The third-order valence-electron chi connectivity index (χ3n) is 6.19. The van der Waals surface area contributed by atoms with Crippen LogP contribution in [0, 0.1) is 11.3 Å². The van der Waals surface area contributed by atoms with E-state index in [-0.39, 0.29) is 24.0 Å². The van der Waals surface area contributed by atoms with Gasteiger partial charge in [0.2, 0.25) is 0 Å². The number of allylic oxidation sites excluding steroid dienone is 2. The largest absolute Gasteiger partial charge is 0.454 e. The highest BCUT2D eigenvalue weighted by Gasteiger charge is 2.58. The summed E-state index contributed by atoms with van der Waals surface area (Å²) in [5.41, 5.74) is 1.69. The number of hydrogen-bond acceptors (Lipinski definition) is 5. The van der Waals surface area contributed by atoms with Crippen LogP contribution in [0.3, 0.4) is 0 Å². The van der Waals surface area contributed by atoms with E-state index in [2.05, 4.69) is 18.3 Å². The molecule has 1 N–H and O–H groups in total. The van der Waals surface area contributed by atoms with Crippen LogP contribution in [0.25, 0.3) is 0 Å². The summed E-state index contributed by atoms with van der Waals surface area (Å²) in [5, 5.41) is 3.28. The molecule has 5 nitrogen and oxygen atoms in total. The molecule has 0 aromatic heterocycles. The van der Waals surface area contributed by atoms with Crippen LogP contribution in [-0.2, 0) is 19.1 Å². The van der Waals surface area contributed by atoms with E-state index >= 15 is 0 Å². The van der Waals surface area contributed by atoms with Gasteiger partial charge in [-0.05, 0) is 72.6 Å². The van der Waals surface area contributed by atoms with Gasteiger partial charge in [0.05, 0.1) is 5.41 Å². The van der Waals surface area contributed by atoms with Gasteiger partial charge in [0.1, 0.15) is 6.10 Å². The lowest BCUT2D eigenvalue weighted by atomic mass is 9.72. The Balaban J connectivity index is 2.00. The average molecular weight is 373 g/mol. The first-order valence-corrected chi connectivity index (χ1v) is 9.86. The van der Waals surface area contributed by atoms with Crippen LogP contribution < -0.4 is 5.32 Å². The van der Waals surface area contributed by atoms with E-state index in [0.717, 1.165) is 30.4 Å². The van der Waals surface area contributed by atoms with E-state index < -0.39 is 11.1 Å². The zero-order valence-corrected chi connectivity index (χ0v) is 17.1. The van der Waals surface area contributed by atoms with Crippen molar-refractivity contribution in [2.24, 2.45) is 11.3 Å². The van der Waals surface area contributed by atoms with Gasteiger partial charge in [0.25, 0.3) is 0 Å². The lowest BCUT2D eigenvalue weighted by Gasteiger charge is -2.34. The molecule has 148 valence electrons.